The molecule has 7 nitrogen and oxygen atoms in total. The zero-order chi connectivity index (χ0) is 22.1. The third kappa shape index (κ3) is 3.78. The molecule has 0 bridgehead atoms. The second-order valence-corrected chi connectivity index (χ2v) is 9.56. The lowest BCUT2D eigenvalue weighted by Gasteiger charge is -2.12. The van der Waals surface area contributed by atoms with Crippen molar-refractivity contribution in [3.05, 3.63) is 59.0 Å². The van der Waals surface area contributed by atoms with E-state index >= 15 is 4.39 Å². The molecule has 1 unspecified atom stereocenters. The predicted molar refractivity (Wildman–Crippen MR) is 112 cm³/mol. The minimum absolute atomic E-state index is 0.000352. The molecule has 0 radical (unpaired) electrons. The molecule has 30 heavy (non-hydrogen) atoms. The molecule has 2 aromatic carbocycles. The molecule has 0 aliphatic rings. The summed E-state index contributed by atoms with van der Waals surface area (Å²) in [7, 11) is -7.62. The second kappa shape index (κ2) is 8.89. The largest absolute Gasteiger partial charge is 0.461 e. The number of nitrogens with zero attached hydrogens (tertiary/aromatic N) is 1. The highest BCUT2D eigenvalue weighted by atomic mass is 35.5. The predicted octanol–water partition coefficient (Wildman–Crippen LogP) is 3.98. The summed E-state index contributed by atoms with van der Waals surface area (Å²) in [5.41, 5.74) is -0.772. The van der Waals surface area contributed by atoms with Gasteiger partial charge in [-0.05, 0) is 38.1 Å². The molecule has 1 aromatic heterocycles. The van der Waals surface area contributed by atoms with Crippen LogP contribution in [0.15, 0.2) is 47.4 Å². The van der Waals surface area contributed by atoms with Gasteiger partial charge < -0.3 is 9.26 Å². The van der Waals surface area contributed by atoms with E-state index < -0.39 is 35.5 Å². The Hall–Kier alpha value is -2.19. The summed E-state index contributed by atoms with van der Waals surface area (Å²) in [6, 6.07) is 9.69. The summed E-state index contributed by atoms with van der Waals surface area (Å²) in [5, 5.41) is -1.06. The molecule has 0 fully saturated rings. The van der Waals surface area contributed by atoms with Crippen LogP contribution in [0.4, 0.5) is 4.39 Å². The van der Waals surface area contributed by atoms with Crippen LogP contribution in [0.25, 0.3) is 10.9 Å². The van der Waals surface area contributed by atoms with Gasteiger partial charge in [0.2, 0.25) is 8.03 Å². The molecule has 1 atom stereocenters. The first kappa shape index (κ1) is 22.5. The van der Waals surface area contributed by atoms with Crippen LogP contribution in [-0.4, -0.2) is 31.6 Å². The number of carbonyl (C=O) groups excluding carboxylic acids is 1. The highest BCUT2D eigenvalue weighted by molar-refractivity contribution is 7.90. The minimum Gasteiger partial charge on any atom is -0.461 e. The summed E-state index contributed by atoms with van der Waals surface area (Å²) in [6.45, 7) is 3.01. The molecule has 0 saturated carbocycles. The van der Waals surface area contributed by atoms with Crippen LogP contribution in [0.2, 0.25) is 5.02 Å². The fraction of sp³-hybridized carbons (Fsp3) is 0.211. The lowest BCUT2D eigenvalue weighted by molar-refractivity contribution is 0.0520. The number of aromatic nitrogens is 1. The molecule has 3 aromatic rings. The first-order valence-electron chi connectivity index (χ1n) is 8.92. The van der Waals surface area contributed by atoms with Crippen molar-refractivity contribution in [1.29, 1.82) is 0 Å². The Morgan fingerprint density at radius 2 is 1.80 bits per heavy atom. The van der Waals surface area contributed by atoms with Crippen molar-refractivity contribution in [2.45, 2.75) is 18.7 Å². The molecule has 11 heteroatoms. The van der Waals surface area contributed by atoms with Crippen molar-refractivity contribution in [3.8, 4) is 0 Å². The Balaban J connectivity index is 2.53. The molecular formula is C19H18ClFNO6PS. The van der Waals surface area contributed by atoms with Gasteiger partial charge in [0.1, 0.15) is 0 Å². The first-order chi connectivity index (χ1) is 14.3. The standard InChI is InChI=1S/C19H18ClFNO6PS/c1-3-27-19(23)17-18(29(24)28-4-2)15-14(11-10-13(20)16(15)21)22(17)30(25,26)12-8-6-5-7-9-12/h5-11,29H,3-4H2,1-2H3. The Morgan fingerprint density at radius 1 is 1.13 bits per heavy atom. The van der Waals surface area contributed by atoms with E-state index in [4.69, 9.17) is 20.9 Å². The van der Waals surface area contributed by atoms with E-state index in [0.717, 1.165) is 6.07 Å². The average Bonchev–Trinajstić information content (AvgIpc) is 3.08. The maximum Gasteiger partial charge on any atom is 0.356 e. The van der Waals surface area contributed by atoms with Gasteiger partial charge in [0.25, 0.3) is 10.0 Å². The molecule has 0 saturated heterocycles. The molecule has 0 N–H and O–H groups in total. The minimum atomic E-state index is -4.39. The lowest BCUT2D eigenvalue weighted by Crippen LogP contribution is -2.24. The molecule has 1 heterocycles. The molecule has 0 aliphatic heterocycles. The molecule has 0 amide bonds. The zero-order valence-electron chi connectivity index (χ0n) is 16.0. The van der Waals surface area contributed by atoms with Crippen molar-refractivity contribution in [3.63, 3.8) is 0 Å². The Labute approximate surface area is 178 Å². The fourth-order valence-electron chi connectivity index (χ4n) is 3.02. The summed E-state index contributed by atoms with van der Waals surface area (Å²) in [6.07, 6.45) is 0. The molecule has 160 valence electrons. The van der Waals surface area contributed by atoms with Crippen molar-refractivity contribution >= 4 is 51.8 Å². The maximum absolute atomic E-state index is 15.0. The van der Waals surface area contributed by atoms with E-state index in [-0.39, 0.29) is 39.3 Å². The summed E-state index contributed by atoms with van der Waals surface area (Å²) >= 11 is 5.89. The number of benzene rings is 2. The average molecular weight is 474 g/mol. The number of esters is 1. The summed E-state index contributed by atoms with van der Waals surface area (Å²) < 4.78 is 65.6. The Bertz CT molecular complexity index is 1240. The van der Waals surface area contributed by atoms with Gasteiger partial charge in [0.05, 0.1) is 39.3 Å². The van der Waals surface area contributed by atoms with Gasteiger partial charge >= 0.3 is 5.97 Å². The summed E-state index contributed by atoms with van der Waals surface area (Å²) in [5.74, 6) is -2.08. The third-order valence-electron chi connectivity index (χ3n) is 4.21. The van der Waals surface area contributed by atoms with Crippen molar-refractivity contribution < 1.29 is 31.4 Å². The normalized spacial score (nSPS) is 12.8. The Morgan fingerprint density at radius 3 is 2.40 bits per heavy atom. The lowest BCUT2D eigenvalue weighted by atomic mass is 10.2. The number of fused-ring (bicyclic) bond motifs is 1. The van der Waals surface area contributed by atoms with Crippen molar-refractivity contribution in [2.24, 2.45) is 0 Å². The number of ether oxygens (including phenoxy) is 1. The van der Waals surface area contributed by atoms with E-state index in [0.29, 0.717) is 3.97 Å². The van der Waals surface area contributed by atoms with E-state index in [9.17, 15) is 17.8 Å². The number of rotatable bonds is 7. The number of hydrogen-bond acceptors (Lipinski definition) is 6. The van der Waals surface area contributed by atoms with E-state index in [1.165, 1.54) is 37.3 Å². The topological polar surface area (TPSA) is 91.7 Å². The maximum atomic E-state index is 15.0. The van der Waals surface area contributed by atoms with Gasteiger partial charge in [0.15, 0.2) is 11.5 Å². The van der Waals surface area contributed by atoms with Crippen LogP contribution >= 0.6 is 19.6 Å². The van der Waals surface area contributed by atoms with Crippen LogP contribution in [0.3, 0.4) is 0 Å². The quantitative estimate of drug-likeness (QED) is 0.381. The molecule has 0 aliphatic carbocycles. The zero-order valence-corrected chi connectivity index (χ0v) is 18.6. The van der Waals surface area contributed by atoms with Crippen molar-refractivity contribution in [2.75, 3.05) is 13.2 Å². The van der Waals surface area contributed by atoms with Gasteiger partial charge in [-0.2, -0.15) is 0 Å². The van der Waals surface area contributed by atoms with Gasteiger partial charge in [-0.1, -0.05) is 29.8 Å². The smallest absolute Gasteiger partial charge is 0.356 e. The number of hydrogen-bond donors (Lipinski definition) is 0. The van der Waals surface area contributed by atoms with E-state index in [1.807, 2.05) is 0 Å². The highest BCUT2D eigenvalue weighted by Crippen LogP contribution is 2.37. The number of halogens is 2. The molecule has 3 rings (SSSR count). The van der Waals surface area contributed by atoms with Gasteiger partial charge in [-0.3, -0.25) is 4.57 Å². The van der Waals surface area contributed by atoms with Crippen LogP contribution in [0.5, 0.6) is 0 Å². The van der Waals surface area contributed by atoms with Gasteiger partial charge in [0, 0.05) is 0 Å². The second-order valence-electron chi connectivity index (χ2n) is 6.00. The first-order valence-corrected chi connectivity index (χ1v) is 12.1. The fourth-order valence-corrected chi connectivity index (χ4v) is 6.05. The van der Waals surface area contributed by atoms with E-state index in [2.05, 4.69) is 0 Å². The Kier molecular flexibility index (Phi) is 6.67. The molecule has 0 spiro atoms. The van der Waals surface area contributed by atoms with Crippen LogP contribution < -0.4 is 5.30 Å². The van der Waals surface area contributed by atoms with Gasteiger partial charge in [-0.15, -0.1) is 0 Å². The van der Waals surface area contributed by atoms with Crippen LogP contribution in [0.1, 0.15) is 24.3 Å². The monoisotopic (exact) mass is 473 g/mol. The SMILES string of the molecule is CCOC(=O)c1c([PH](=O)OCC)c2c(F)c(Cl)ccc2n1S(=O)(=O)c1ccccc1. The van der Waals surface area contributed by atoms with Crippen LogP contribution in [-0.2, 0) is 23.8 Å². The van der Waals surface area contributed by atoms with Crippen LogP contribution in [0, 0.1) is 5.82 Å². The summed E-state index contributed by atoms with van der Waals surface area (Å²) in [4.78, 5) is 12.7. The van der Waals surface area contributed by atoms with Crippen molar-refractivity contribution in [1.82, 2.24) is 3.97 Å². The highest BCUT2D eigenvalue weighted by Gasteiger charge is 2.35. The third-order valence-corrected chi connectivity index (χ3v) is 7.68. The molecular weight excluding hydrogens is 456 g/mol. The number of carbonyl (C=O) groups is 1. The van der Waals surface area contributed by atoms with E-state index in [1.54, 1.807) is 13.0 Å². The van der Waals surface area contributed by atoms with Gasteiger partial charge in [-0.25, -0.2) is 21.6 Å².